The van der Waals surface area contributed by atoms with Crippen molar-refractivity contribution < 1.29 is 55.1 Å². The Hall–Kier alpha value is 0.604. The van der Waals surface area contributed by atoms with Crippen LogP contribution < -0.4 is 0 Å². The van der Waals surface area contributed by atoms with E-state index in [4.69, 9.17) is 50.0 Å². The van der Waals surface area contributed by atoms with E-state index in [1.54, 1.807) is 0 Å². The molecule has 0 aliphatic rings. The van der Waals surface area contributed by atoms with E-state index in [0.717, 1.165) is 38.0 Å². The number of aliphatic hydroxyl groups is 2. The third kappa shape index (κ3) is 41.1. The summed E-state index contributed by atoms with van der Waals surface area (Å²) >= 11 is 0. The molecule has 12 nitrogen and oxygen atoms in total. The lowest BCUT2D eigenvalue weighted by Gasteiger charge is -2.44. The van der Waals surface area contributed by atoms with Gasteiger partial charge in [-0.2, -0.15) is 0 Å². The monoisotopic (exact) mass is 933 g/mol. The molecular formula is C42H96O12Si5. The molecule has 17 heteroatoms. The molecule has 0 spiro atoms. The Morgan fingerprint density at radius 1 is 0.373 bits per heavy atom. The molecule has 0 saturated carbocycles. The van der Waals surface area contributed by atoms with E-state index in [-0.39, 0.29) is 13.2 Å². The SMILES string of the molecule is CCCCCCCCCCCCCCCOCCOCCOCCOCCOCCC[Si](C)(O[Si](C)(C)O[Si](C)(C)C)O[Si](C)(CCCOCC(O)CO)O[Si](C)(C)C. The van der Waals surface area contributed by atoms with Crippen LogP contribution in [0.1, 0.15) is 103 Å². The maximum atomic E-state index is 9.64. The number of unbranched alkanes of at least 4 members (excludes halogenated alkanes) is 12. The zero-order valence-corrected chi connectivity index (χ0v) is 45.3. The summed E-state index contributed by atoms with van der Waals surface area (Å²) in [5.74, 6) is 0. The summed E-state index contributed by atoms with van der Waals surface area (Å²) in [4.78, 5) is 0. The predicted molar refractivity (Wildman–Crippen MR) is 254 cm³/mol. The van der Waals surface area contributed by atoms with Gasteiger partial charge in [0.05, 0.1) is 66.1 Å². The molecule has 0 radical (unpaired) electrons. The average Bonchev–Trinajstić information content (AvgIpc) is 3.11. The van der Waals surface area contributed by atoms with Gasteiger partial charge in [0, 0.05) is 19.8 Å². The highest BCUT2D eigenvalue weighted by molar-refractivity contribution is 6.90. The molecule has 3 unspecified atom stereocenters. The number of aliphatic hydroxyl groups excluding tert-OH is 2. The number of hydrogen-bond donors (Lipinski definition) is 2. The summed E-state index contributed by atoms with van der Waals surface area (Å²) in [5, 5.41) is 18.7. The van der Waals surface area contributed by atoms with Gasteiger partial charge in [0.25, 0.3) is 0 Å². The Labute approximate surface area is 368 Å². The van der Waals surface area contributed by atoms with Gasteiger partial charge in [0.1, 0.15) is 6.10 Å². The maximum Gasteiger partial charge on any atom is 0.317 e. The first-order chi connectivity index (χ1) is 27.8. The van der Waals surface area contributed by atoms with Crippen LogP contribution in [0.25, 0.3) is 0 Å². The van der Waals surface area contributed by atoms with Crippen LogP contribution in [0, 0.1) is 0 Å². The molecule has 0 aliphatic heterocycles. The van der Waals surface area contributed by atoms with Gasteiger partial charge in [-0.25, -0.2) is 0 Å². The Morgan fingerprint density at radius 3 is 1.10 bits per heavy atom. The fourth-order valence-electron chi connectivity index (χ4n) is 7.09. The van der Waals surface area contributed by atoms with Crippen molar-refractivity contribution in [2.24, 2.45) is 0 Å². The molecule has 3 atom stereocenters. The number of rotatable bonds is 45. The molecule has 0 aliphatic carbocycles. The lowest BCUT2D eigenvalue weighted by molar-refractivity contribution is -0.0112. The molecule has 0 aromatic heterocycles. The highest BCUT2D eigenvalue weighted by Crippen LogP contribution is 2.32. The van der Waals surface area contributed by atoms with E-state index < -0.39 is 48.4 Å². The van der Waals surface area contributed by atoms with Crippen molar-refractivity contribution in [1.82, 2.24) is 0 Å². The van der Waals surface area contributed by atoms with Gasteiger partial charge >= 0.3 is 25.7 Å². The molecule has 0 bridgehead atoms. The first-order valence-electron chi connectivity index (χ1n) is 23.4. The van der Waals surface area contributed by atoms with Gasteiger partial charge in [0.15, 0.2) is 16.6 Å². The summed E-state index contributed by atoms with van der Waals surface area (Å²) in [6.07, 6.45) is 18.4. The Morgan fingerprint density at radius 2 is 0.712 bits per heavy atom. The summed E-state index contributed by atoms with van der Waals surface area (Å²) in [7, 11) is -11.8. The minimum atomic E-state index is -2.78. The highest BCUT2D eigenvalue weighted by Gasteiger charge is 2.48. The van der Waals surface area contributed by atoms with Crippen molar-refractivity contribution in [3.8, 4) is 0 Å². The highest BCUT2D eigenvalue weighted by atomic mass is 28.5. The van der Waals surface area contributed by atoms with Crippen molar-refractivity contribution in [3.63, 3.8) is 0 Å². The van der Waals surface area contributed by atoms with Gasteiger partial charge in [-0.15, -0.1) is 0 Å². The topological polar surface area (TPSA) is 133 Å². The summed E-state index contributed by atoms with van der Waals surface area (Å²) < 4.78 is 61.9. The first kappa shape index (κ1) is 59.6. The van der Waals surface area contributed by atoms with E-state index in [1.807, 2.05) is 0 Å². The van der Waals surface area contributed by atoms with Gasteiger partial charge in [-0.1, -0.05) is 84.0 Å². The standard InChI is InChI=1S/C42H96O12Si5/c1-12-13-14-15-16-17-18-19-20-21-22-23-24-27-45-30-32-47-34-36-49-37-35-48-33-31-46-28-25-39-59(11,53-57(8,9)51-55(2,3)4)54-58(10,52-56(5,6)7)38-26-29-50-41-42(44)40-43/h42-44H,12-41H2,1-11H3. The maximum absolute atomic E-state index is 9.64. The Kier molecular flexibility index (Phi) is 36.3. The van der Waals surface area contributed by atoms with E-state index in [1.165, 1.54) is 77.0 Å². The lowest BCUT2D eigenvalue weighted by atomic mass is 10.0. The fourth-order valence-corrected chi connectivity index (χ4v) is 30.8. The van der Waals surface area contributed by atoms with Gasteiger partial charge in [-0.3, -0.25) is 0 Å². The normalized spacial score (nSPS) is 15.4. The van der Waals surface area contributed by atoms with Crippen LogP contribution in [0.15, 0.2) is 0 Å². The smallest absolute Gasteiger partial charge is 0.317 e. The molecular weight excluding hydrogens is 837 g/mol. The number of hydrogen-bond acceptors (Lipinski definition) is 12. The third-order valence-corrected chi connectivity index (χ3v) is 27.5. The molecule has 0 saturated heterocycles. The molecule has 0 fully saturated rings. The zero-order valence-electron chi connectivity index (χ0n) is 40.3. The van der Waals surface area contributed by atoms with E-state index in [2.05, 4.69) is 72.4 Å². The second kappa shape index (κ2) is 35.9. The van der Waals surface area contributed by atoms with Gasteiger partial charge in [0.2, 0.25) is 0 Å². The summed E-state index contributed by atoms with van der Waals surface area (Å²) in [6, 6.07) is 1.51. The van der Waals surface area contributed by atoms with Crippen molar-refractivity contribution in [1.29, 1.82) is 0 Å². The van der Waals surface area contributed by atoms with E-state index >= 15 is 0 Å². The van der Waals surface area contributed by atoms with Gasteiger partial charge < -0.3 is 55.1 Å². The quantitative estimate of drug-likeness (QED) is 0.0445. The predicted octanol–water partition coefficient (Wildman–Crippen LogP) is 9.89. The molecule has 0 amide bonds. The van der Waals surface area contributed by atoms with Crippen LogP contribution >= 0.6 is 0 Å². The molecule has 2 N–H and O–H groups in total. The van der Waals surface area contributed by atoms with Crippen LogP contribution in [0.4, 0.5) is 0 Å². The number of ether oxygens (including phenoxy) is 6. The molecule has 0 aromatic carbocycles. The first-order valence-corrected chi connectivity index (χ1v) is 38.1. The summed E-state index contributed by atoms with van der Waals surface area (Å²) in [5.41, 5.74) is 0. The zero-order chi connectivity index (χ0) is 44.4. The Balaban J connectivity index is 4.26. The molecule has 0 aromatic rings. The van der Waals surface area contributed by atoms with Crippen molar-refractivity contribution >= 4 is 42.3 Å². The minimum absolute atomic E-state index is 0.109. The second-order valence-corrected chi connectivity index (χ2v) is 38.8. The van der Waals surface area contributed by atoms with Gasteiger partial charge in [-0.05, 0) is 96.8 Å². The fraction of sp³-hybridized carbons (Fsp3) is 1.00. The van der Waals surface area contributed by atoms with Crippen molar-refractivity contribution in [3.05, 3.63) is 0 Å². The largest absolute Gasteiger partial charge is 0.437 e. The molecule has 0 rings (SSSR count). The van der Waals surface area contributed by atoms with E-state index in [0.29, 0.717) is 66.1 Å². The van der Waals surface area contributed by atoms with Crippen LogP contribution in [0.2, 0.25) is 77.6 Å². The van der Waals surface area contributed by atoms with Crippen LogP contribution in [0.3, 0.4) is 0 Å². The molecule has 59 heavy (non-hydrogen) atoms. The lowest BCUT2D eigenvalue weighted by Crippen LogP contribution is -2.60. The third-order valence-electron chi connectivity index (χ3n) is 9.21. The Bertz CT molecular complexity index is 947. The van der Waals surface area contributed by atoms with Crippen LogP contribution in [-0.4, -0.2) is 145 Å². The molecule has 0 heterocycles. The van der Waals surface area contributed by atoms with Crippen LogP contribution in [0.5, 0.6) is 0 Å². The summed E-state index contributed by atoms with van der Waals surface area (Å²) in [6.45, 7) is 30.1. The molecule has 356 valence electrons. The second-order valence-electron chi connectivity index (χ2n) is 18.7. The van der Waals surface area contributed by atoms with Crippen molar-refractivity contribution in [2.75, 3.05) is 85.9 Å². The van der Waals surface area contributed by atoms with Crippen LogP contribution in [-0.2, 0) is 44.9 Å². The van der Waals surface area contributed by atoms with Crippen molar-refractivity contribution in [2.45, 2.75) is 187 Å². The van der Waals surface area contributed by atoms with E-state index in [9.17, 15) is 5.11 Å². The average molecular weight is 934 g/mol. The minimum Gasteiger partial charge on any atom is -0.437 e.